The van der Waals surface area contributed by atoms with Gasteiger partial charge >= 0.3 is 0 Å². The molecule has 0 aromatic rings. The number of unbranched alkanes of at least 4 members (excludes halogenated alkanes) is 3. The van der Waals surface area contributed by atoms with E-state index in [9.17, 15) is 4.79 Å². The van der Waals surface area contributed by atoms with Crippen LogP contribution in [0.1, 0.15) is 39.0 Å². The summed E-state index contributed by atoms with van der Waals surface area (Å²) in [6.07, 6.45) is 7.56. The van der Waals surface area contributed by atoms with Crippen molar-refractivity contribution in [2.45, 2.75) is 39.0 Å². The third kappa shape index (κ3) is 3.03. The number of hydrogen-bond acceptors (Lipinski definition) is 1. The molecule has 1 amide bonds. The fourth-order valence-electron chi connectivity index (χ4n) is 1.27. The van der Waals surface area contributed by atoms with Crippen LogP contribution in [0.5, 0.6) is 0 Å². The Morgan fingerprint density at radius 1 is 1.58 bits per heavy atom. The molecule has 1 fully saturated rings. The Hall–Kier alpha value is -0.860. The number of hydrazone groups is 1. The number of nitrogens with one attached hydrogen (secondary N) is 1. The lowest BCUT2D eigenvalue weighted by molar-refractivity contribution is -0.554. The van der Waals surface area contributed by atoms with Crippen molar-refractivity contribution >= 4 is 12.1 Å². The molecule has 3 heteroatoms. The molecular formula is C9H17N2O+. The van der Waals surface area contributed by atoms with Gasteiger partial charge in [0.2, 0.25) is 0 Å². The molecule has 0 unspecified atom stereocenters. The average Bonchev–Trinajstić information content (AvgIpc) is 2.45. The molecule has 0 atom stereocenters. The van der Waals surface area contributed by atoms with Crippen molar-refractivity contribution in [3.63, 3.8) is 0 Å². The lowest BCUT2D eigenvalue weighted by Gasteiger charge is -1.91. The summed E-state index contributed by atoms with van der Waals surface area (Å²) >= 11 is 0. The van der Waals surface area contributed by atoms with Crippen molar-refractivity contribution in [3.05, 3.63) is 0 Å². The van der Waals surface area contributed by atoms with E-state index < -0.39 is 0 Å². The molecule has 3 nitrogen and oxygen atoms in total. The van der Waals surface area contributed by atoms with Gasteiger partial charge in [-0.15, -0.1) is 10.1 Å². The zero-order valence-electron chi connectivity index (χ0n) is 7.68. The highest BCUT2D eigenvalue weighted by molar-refractivity contribution is 5.76. The second-order valence-electron chi connectivity index (χ2n) is 3.16. The summed E-state index contributed by atoms with van der Waals surface area (Å²) in [7, 11) is 0. The Bertz CT molecular complexity index is 187. The summed E-state index contributed by atoms with van der Waals surface area (Å²) in [5, 5.41) is 0. The molecule has 68 valence electrons. The second kappa shape index (κ2) is 4.91. The maximum absolute atomic E-state index is 10.8. The normalized spacial score (nSPS) is 20.1. The number of amides is 1. The average molecular weight is 169 g/mol. The van der Waals surface area contributed by atoms with Crippen molar-refractivity contribution in [3.8, 4) is 0 Å². The maximum atomic E-state index is 10.8. The third-order valence-corrected chi connectivity index (χ3v) is 2.01. The van der Waals surface area contributed by atoms with Crippen molar-refractivity contribution in [2.24, 2.45) is 0 Å². The first-order valence-corrected chi connectivity index (χ1v) is 4.72. The number of rotatable bonds is 4. The highest BCUT2D eigenvalue weighted by atomic mass is 16.2. The standard InChI is InChI=1S/C9H16N2O/c1-2-3-4-5-7-11-8-6-9(12)10-11/h7H,2-6,8H2,1H3/p+1/b11-7-. The van der Waals surface area contributed by atoms with E-state index in [-0.39, 0.29) is 5.91 Å². The van der Waals surface area contributed by atoms with E-state index in [0.29, 0.717) is 6.42 Å². The maximum Gasteiger partial charge on any atom is 0.280 e. The van der Waals surface area contributed by atoms with Gasteiger partial charge in [-0.2, -0.15) is 0 Å². The second-order valence-corrected chi connectivity index (χ2v) is 3.16. The van der Waals surface area contributed by atoms with Gasteiger partial charge in [0.15, 0.2) is 12.8 Å². The summed E-state index contributed by atoms with van der Waals surface area (Å²) < 4.78 is 1.90. The molecule has 1 aliphatic rings. The third-order valence-electron chi connectivity index (χ3n) is 2.01. The Kier molecular flexibility index (Phi) is 3.77. The SMILES string of the molecule is CCCCC/C=[N+]1/CCC(=O)N1. The van der Waals surface area contributed by atoms with Crippen LogP contribution in [0.4, 0.5) is 0 Å². The molecule has 1 saturated heterocycles. The van der Waals surface area contributed by atoms with Gasteiger partial charge in [0, 0.05) is 6.42 Å². The van der Waals surface area contributed by atoms with Gasteiger partial charge in [-0.25, -0.2) is 0 Å². The highest BCUT2D eigenvalue weighted by Crippen LogP contribution is 1.97. The summed E-state index contributed by atoms with van der Waals surface area (Å²) in [6, 6.07) is 0. The smallest absolute Gasteiger partial charge is 0.269 e. The monoisotopic (exact) mass is 169 g/mol. The number of nitrogens with zero attached hydrogens (tertiary/aromatic N) is 1. The van der Waals surface area contributed by atoms with Crippen molar-refractivity contribution in [1.82, 2.24) is 5.43 Å². The molecule has 1 N–H and O–H groups in total. The molecule has 0 spiro atoms. The minimum absolute atomic E-state index is 0.141. The molecule has 0 bridgehead atoms. The summed E-state index contributed by atoms with van der Waals surface area (Å²) in [5.41, 5.74) is 2.77. The fourth-order valence-corrected chi connectivity index (χ4v) is 1.27. The lowest BCUT2D eigenvalue weighted by Crippen LogP contribution is -2.24. The molecule has 12 heavy (non-hydrogen) atoms. The van der Waals surface area contributed by atoms with Crippen molar-refractivity contribution < 1.29 is 9.48 Å². The number of hydrazine groups is 1. The first kappa shape index (κ1) is 9.23. The molecule has 1 aliphatic heterocycles. The van der Waals surface area contributed by atoms with E-state index in [4.69, 9.17) is 0 Å². The van der Waals surface area contributed by atoms with Gasteiger partial charge in [-0.1, -0.05) is 19.8 Å². The molecule has 1 rings (SSSR count). The Labute approximate surface area is 73.4 Å². The first-order chi connectivity index (χ1) is 5.83. The zero-order chi connectivity index (χ0) is 8.81. The van der Waals surface area contributed by atoms with E-state index in [1.807, 2.05) is 4.68 Å². The van der Waals surface area contributed by atoms with Crippen LogP contribution >= 0.6 is 0 Å². The van der Waals surface area contributed by atoms with Crippen LogP contribution in [-0.4, -0.2) is 23.4 Å². The summed E-state index contributed by atoms with van der Waals surface area (Å²) in [6.45, 7) is 3.03. The first-order valence-electron chi connectivity index (χ1n) is 4.72. The number of carbonyl (C=O) groups is 1. The van der Waals surface area contributed by atoms with Crippen molar-refractivity contribution in [2.75, 3.05) is 6.54 Å². The van der Waals surface area contributed by atoms with Crippen LogP contribution < -0.4 is 5.43 Å². The molecule has 0 aromatic heterocycles. The van der Waals surface area contributed by atoms with Crippen LogP contribution in [0.25, 0.3) is 0 Å². The predicted octanol–water partition coefficient (Wildman–Crippen LogP) is 1.08. The minimum atomic E-state index is 0.141. The largest absolute Gasteiger partial charge is 0.280 e. The Morgan fingerprint density at radius 2 is 2.42 bits per heavy atom. The van der Waals surface area contributed by atoms with Crippen LogP contribution in [0.15, 0.2) is 0 Å². The van der Waals surface area contributed by atoms with E-state index in [1.54, 1.807) is 0 Å². The molecule has 0 aromatic carbocycles. The van der Waals surface area contributed by atoms with Gasteiger partial charge in [-0.05, 0) is 6.42 Å². The van der Waals surface area contributed by atoms with Crippen LogP contribution in [0.3, 0.4) is 0 Å². The van der Waals surface area contributed by atoms with Gasteiger partial charge < -0.3 is 0 Å². The van der Waals surface area contributed by atoms with E-state index in [0.717, 1.165) is 13.0 Å². The quantitative estimate of drug-likeness (QED) is 0.496. The molecule has 0 radical (unpaired) electrons. The predicted molar refractivity (Wildman–Crippen MR) is 48.1 cm³/mol. The highest BCUT2D eigenvalue weighted by Gasteiger charge is 2.19. The van der Waals surface area contributed by atoms with E-state index in [2.05, 4.69) is 18.6 Å². The summed E-state index contributed by atoms with van der Waals surface area (Å²) in [4.78, 5) is 10.8. The zero-order valence-corrected chi connectivity index (χ0v) is 7.68. The Morgan fingerprint density at radius 3 is 3.00 bits per heavy atom. The number of carbonyl (C=O) groups excluding carboxylic acids is 1. The molecule has 0 aliphatic carbocycles. The van der Waals surface area contributed by atoms with E-state index >= 15 is 0 Å². The number of hydrogen-bond donors (Lipinski definition) is 1. The fraction of sp³-hybridized carbons (Fsp3) is 0.778. The van der Waals surface area contributed by atoms with Crippen molar-refractivity contribution in [1.29, 1.82) is 0 Å². The van der Waals surface area contributed by atoms with Crippen LogP contribution in [-0.2, 0) is 4.79 Å². The van der Waals surface area contributed by atoms with E-state index in [1.165, 1.54) is 19.3 Å². The molecular weight excluding hydrogens is 152 g/mol. The van der Waals surface area contributed by atoms with Gasteiger partial charge in [0.05, 0.1) is 6.42 Å². The van der Waals surface area contributed by atoms with Gasteiger partial charge in [0.1, 0.15) is 0 Å². The topological polar surface area (TPSA) is 32.1 Å². The molecule has 0 saturated carbocycles. The van der Waals surface area contributed by atoms with Crippen LogP contribution in [0.2, 0.25) is 0 Å². The van der Waals surface area contributed by atoms with Gasteiger partial charge in [-0.3, -0.25) is 4.79 Å². The summed E-state index contributed by atoms with van der Waals surface area (Å²) in [5.74, 6) is 0.141. The minimum Gasteiger partial charge on any atom is -0.269 e. The Balaban J connectivity index is 2.15. The molecule has 1 heterocycles. The van der Waals surface area contributed by atoms with Crippen LogP contribution in [0, 0.1) is 0 Å². The lowest BCUT2D eigenvalue weighted by atomic mass is 10.2. The van der Waals surface area contributed by atoms with Gasteiger partial charge in [0.25, 0.3) is 5.91 Å².